The Kier molecular flexibility index (Phi) is 16.1. The molecule has 12 aromatic rings. The van der Waals surface area contributed by atoms with Crippen molar-refractivity contribution in [2.45, 2.75) is 18.4 Å². The van der Waals surface area contributed by atoms with Gasteiger partial charge in [0.1, 0.15) is 0 Å². The Morgan fingerprint density at radius 2 is 0.352 bits per heavy atom. The molecule has 0 aliphatic carbocycles. The Balaban J connectivity index is 1.14. The van der Waals surface area contributed by atoms with E-state index < -0.39 is 56.8 Å². The van der Waals surface area contributed by atoms with Crippen LogP contribution < -0.4 is 63.7 Å². The van der Waals surface area contributed by atoms with E-state index in [0.717, 1.165) is 0 Å². The van der Waals surface area contributed by atoms with Gasteiger partial charge < -0.3 is 0 Å². The molecule has 88 heavy (non-hydrogen) atoms. The van der Waals surface area contributed by atoms with Crippen molar-refractivity contribution in [1.29, 1.82) is 0 Å². The van der Waals surface area contributed by atoms with E-state index >= 15 is 14.4 Å². The molecule has 0 saturated carbocycles. The molecule has 0 aliphatic rings. The second kappa shape index (κ2) is 24.2. The Labute approximate surface area is 514 Å². The quantitative estimate of drug-likeness (QED) is 0.0759. The van der Waals surface area contributed by atoms with Gasteiger partial charge in [-0.2, -0.15) is 0 Å². The zero-order valence-corrected chi connectivity index (χ0v) is 51.0. The summed E-state index contributed by atoms with van der Waals surface area (Å²) in [6, 6.07) is 116. The molecule has 12 rings (SSSR count). The van der Waals surface area contributed by atoms with Crippen molar-refractivity contribution in [2.75, 3.05) is 0 Å². The van der Waals surface area contributed by atoms with Crippen molar-refractivity contribution in [3.05, 3.63) is 364 Å². The fourth-order valence-corrected chi connectivity index (χ4v) is 30.2. The third-order valence-corrected chi connectivity index (χ3v) is 34.1. The predicted octanol–water partition coefficient (Wildman–Crippen LogP) is 11.4. The average molecular weight is 1210 g/mol. The van der Waals surface area contributed by atoms with Crippen LogP contribution in [-0.4, -0.2) is 28.6 Å². The molecule has 0 aromatic heterocycles. The van der Waals surface area contributed by atoms with Crippen LogP contribution in [-0.2, 0) is 28.0 Å². The Morgan fingerprint density at radius 3 is 0.489 bits per heavy atom. The Hall–Kier alpha value is -9.70. The van der Waals surface area contributed by atoms with E-state index in [2.05, 4.69) is 0 Å². The van der Waals surface area contributed by atoms with Gasteiger partial charge in [-0.25, -0.2) is 0 Å². The maximum absolute atomic E-state index is 17.3. The summed E-state index contributed by atoms with van der Waals surface area (Å²) < 4.78 is 23.1. The summed E-state index contributed by atoms with van der Waals surface area (Å²) in [5.41, 5.74) is -3.06. The van der Waals surface area contributed by atoms with E-state index in [-0.39, 0.29) is 0 Å². The number of hydrogen-bond donors (Lipinski definition) is 1. The van der Waals surface area contributed by atoms with Crippen molar-refractivity contribution in [2.24, 2.45) is 0 Å². The van der Waals surface area contributed by atoms with Crippen molar-refractivity contribution >= 4 is 102 Å². The summed E-state index contributed by atoms with van der Waals surface area (Å²) in [6.07, 6.45) is -2.16. The van der Waals surface area contributed by atoms with Crippen molar-refractivity contribution in [3.63, 3.8) is 0 Å². The molecule has 1 N–H and O–H groups in total. The summed E-state index contributed by atoms with van der Waals surface area (Å²) in [7, 11) is 0. The van der Waals surface area contributed by atoms with Gasteiger partial charge in [0.25, 0.3) is 0 Å². The summed E-state index contributed by atoms with van der Waals surface area (Å²) in [5.74, 6) is -3.23. The zero-order valence-electron chi connectivity index (χ0n) is 48.3. The van der Waals surface area contributed by atoms with Crippen molar-refractivity contribution < 1.29 is 33.1 Å². The SMILES string of the molecule is O=C(CC(O)(CC(=O)OP(c1ccccc1)(c1ccccc1)(c1ccccc1)c1ccccc1)C(=O)OP(c1ccccc1)(c1ccccc1)(c1ccccc1)c1ccccc1)OP(c1ccccc1)(c1ccccc1)(c1ccccc1)c1ccccc1. The van der Waals surface area contributed by atoms with Crippen LogP contribution in [0.15, 0.2) is 364 Å². The number of aliphatic hydroxyl groups is 1. The fraction of sp³-hybridized carbons (Fsp3) is 0.0385. The number of rotatable bonds is 20. The molecular weight excluding hydrogens is 1140 g/mol. The minimum atomic E-state index is -5.03. The molecule has 0 radical (unpaired) electrons. The van der Waals surface area contributed by atoms with Crippen LogP contribution in [0.3, 0.4) is 0 Å². The molecule has 0 bridgehead atoms. The van der Waals surface area contributed by atoms with Gasteiger partial charge in [0.2, 0.25) is 0 Å². The second-order valence-corrected chi connectivity index (χ2v) is 34.8. The maximum atomic E-state index is 17.3. The molecule has 0 amide bonds. The molecule has 0 heterocycles. The number of carbonyl (C=O) groups excluding carboxylic acids is 3. The first kappa shape index (κ1) is 58.7. The monoisotopic (exact) mass is 1210 g/mol. The van der Waals surface area contributed by atoms with Crippen LogP contribution in [0.1, 0.15) is 12.8 Å². The number of carbonyl (C=O) groups is 3. The first-order valence-corrected chi connectivity index (χ1v) is 35.7. The van der Waals surface area contributed by atoms with Crippen LogP contribution in [0, 0.1) is 0 Å². The molecule has 434 valence electrons. The molecule has 10 heteroatoms. The van der Waals surface area contributed by atoms with Gasteiger partial charge in [-0.1, -0.05) is 0 Å². The van der Waals surface area contributed by atoms with Gasteiger partial charge in [-0.15, -0.1) is 0 Å². The molecule has 7 nitrogen and oxygen atoms in total. The van der Waals surface area contributed by atoms with Crippen molar-refractivity contribution in [3.8, 4) is 0 Å². The first-order chi connectivity index (χ1) is 43.1. The van der Waals surface area contributed by atoms with Gasteiger partial charge in [-0.3, -0.25) is 0 Å². The molecule has 0 aliphatic heterocycles. The van der Waals surface area contributed by atoms with E-state index in [4.69, 9.17) is 13.6 Å². The van der Waals surface area contributed by atoms with Crippen LogP contribution in [0.4, 0.5) is 0 Å². The summed E-state index contributed by atoms with van der Waals surface area (Å²) in [4.78, 5) is 50.7. The van der Waals surface area contributed by atoms with Gasteiger partial charge in [0.15, 0.2) is 0 Å². The van der Waals surface area contributed by atoms with Crippen LogP contribution in [0.5, 0.6) is 0 Å². The van der Waals surface area contributed by atoms with Crippen LogP contribution in [0.2, 0.25) is 0 Å². The molecule has 0 fully saturated rings. The fourth-order valence-electron chi connectivity index (χ4n) is 13.3. The summed E-state index contributed by atoms with van der Waals surface area (Å²) in [5, 5.41) is 22.5. The Morgan fingerprint density at radius 1 is 0.227 bits per heavy atom. The minimum absolute atomic E-state index is 0.621. The Bertz CT molecular complexity index is 3620. The van der Waals surface area contributed by atoms with Gasteiger partial charge in [0, 0.05) is 0 Å². The number of hydrogen-bond acceptors (Lipinski definition) is 7. The normalized spacial score (nSPS) is 13.7. The van der Waals surface area contributed by atoms with Crippen molar-refractivity contribution in [1.82, 2.24) is 0 Å². The predicted molar refractivity (Wildman–Crippen MR) is 366 cm³/mol. The summed E-state index contributed by atoms with van der Waals surface area (Å²) in [6.45, 7) is -14.7. The standard InChI is InChI=1S/C78H65O7P3/c79-75(83-86(63-37-13-1-14-38-63,64-39-15-2-16-40-64,65-41-17-3-18-42-65)66-43-19-4-20-44-66)61-78(82,77(81)85-88(71-53-29-9-30-54-71,72-55-31-10-32-56-72,73-57-33-11-34-58-73)74-59-35-12-36-60-74)62-76(80)84-87(67-45-21-5-22-46-67,68-47-23-6-24-48-68,69-49-25-7-26-50-69)70-51-27-8-28-52-70/h1-60,82H,61-62H2. The molecule has 12 aromatic carbocycles. The van der Waals surface area contributed by atoms with Crippen LogP contribution in [0.25, 0.3) is 0 Å². The van der Waals surface area contributed by atoms with E-state index in [1.165, 1.54) is 0 Å². The summed E-state index contributed by atoms with van der Waals surface area (Å²) >= 11 is 0. The first-order valence-electron chi connectivity index (χ1n) is 29.3. The number of benzene rings is 12. The van der Waals surface area contributed by atoms with E-state index in [9.17, 15) is 5.11 Å². The average Bonchev–Trinajstić information content (AvgIpc) is 0.709. The molecule has 0 spiro atoms. The molecule has 0 unspecified atom stereocenters. The zero-order chi connectivity index (χ0) is 60.5. The topological polar surface area (TPSA) is 99.1 Å². The van der Waals surface area contributed by atoms with E-state index in [0.29, 0.717) is 63.7 Å². The molecule has 0 saturated heterocycles. The third kappa shape index (κ3) is 9.25. The van der Waals surface area contributed by atoms with E-state index in [1.54, 1.807) is 0 Å². The van der Waals surface area contributed by atoms with Gasteiger partial charge >= 0.3 is 518 Å². The van der Waals surface area contributed by atoms with Crippen LogP contribution >= 0.6 is 20.5 Å². The molecule has 0 atom stereocenters. The van der Waals surface area contributed by atoms with Gasteiger partial charge in [-0.05, 0) is 0 Å². The second-order valence-electron chi connectivity index (χ2n) is 21.8. The molecular formula is C78H65O7P3. The third-order valence-electron chi connectivity index (χ3n) is 17.1. The van der Waals surface area contributed by atoms with Gasteiger partial charge in [0.05, 0.1) is 0 Å². The van der Waals surface area contributed by atoms with E-state index in [1.807, 2.05) is 364 Å².